The lowest BCUT2D eigenvalue weighted by Gasteiger charge is -2.25. The number of halogens is 1. The molecule has 1 amide bonds. The number of nitrogens with two attached hydrogens (primary N) is 1. The van der Waals surface area contributed by atoms with E-state index in [1.165, 1.54) is 6.07 Å². The van der Waals surface area contributed by atoms with Crippen LogP contribution in [-0.4, -0.2) is 17.4 Å². The molecule has 3 heterocycles. The number of benzene rings is 3. The Morgan fingerprint density at radius 1 is 0.974 bits per heavy atom. The Kier molecular flexibility index (Phi) is 5.88. The van der Waals surface area contributed by atoms with Crippen LogP contribution in [0.2, 0.25) is 0 Å². The predicted octanol–water partition coefficient (Wildman–Crippen LogP) is 6.03. The Morgan fingerprint density at radius 3 is 2.42 bits per heavy atom. The van der Waals surface area contributed by atoms with Crippen molar-refractivity contribution in [3.05, 3.63) is 117 Å². The van der Waals surface area contributed by atoms with Crippen LogP contribution in [-0.2, 0) is 11.3 Å². The first kappa shape index (κ1) is 24.1. The third-order valence-electron chi connectivity index (χ3n) is 7.57. The van der Waals surface area contributed by atoms with E-state index in [0.717, 1.165) is 50.4 Å². The molecule has 2 aliphatic rings. The number of carbonyl (C=O) groups excluding carboxylic acids is 1. The van der Waals surface area contributed by atoms with E-state index in [4.69, 9.17) is 10.5 Å². The maximum absolute atomic E-state index is 13.9. The van der Waals surface area contributed by atoms with Gasteiger partial charge in [-0.1, -0.05) is 18.2 Å². The third-order valence-corrected chi connectivity index (χ3v) is 7.57. The number of aryl methyl sites for hydroxylation is 2. The molecule has 0 fully saturated rings. The monoisotopic (exact) mass is 508 g/mol. The lowest BCUT2D eigenvalue weighted by Crippen LogP contribution is -2.24. The number of rotatable bonds is 6. The number of anilines is 3. The number of pyridine rings is 1. The normalized spacial score (nSPS) is 16.7. The van der Waals surface area contributed by atoms with Crippen LogP contribution in [0.5, 0.6) is 0 Å². The molecule has 2 atom stereocenters. The van der Waals surface area contributed by atoms with Crippen LogP contribution in [0.1, 0.15) is 68.6 Å². The predicted molar refractivity (Wildman–Crippen MR) is 146 cm³/mol. The highest BCUT2D eigenvalue weighted by molar-refractivity contribution is 5.94. The van der Waals surface area contributed by atoms with Gasteiger partial charge in [0, 0.05) is 35.7 Å². The molecule has 0 saturated carbocycles. The molecule has 6 nitrogen and oxygen atoms in total. The van der Waals surface area contributed by atoms with Gasteiger partial charge >= 0.3 is 0 Å². The van der Waals surface area contributed by atoms with Crippen LogP contribution in [0, 0.1) is 19.7 Å². The van der Waals surface area contributed by atoms with Gasteiger partial charge in [-0.05, 0) is 103 Å². The fraction of sp³-hybridized carbons (Fsp3) is 0.226. The Balaban J connectivity index is 1.26. The van der Waals surface area contributed by atoms with Gasteiger partial charge in [0.1, 0.15) is 23.8 Å². The van der Waals surface area contributed by atoms with Crippen molar-refractivity contribution < 1.29 is 13.9 Å². The van der Waals surface area contributed by atoms with Crippen molar-refractivity contribution in [2.24, 2.45) is 0 Å². The topological polar surface area (TPSA) is 80.5 Å². The van der Waals surface area contributed by atoms with E-state index in [9.17, 15) is 9.18 Å². The molecule has 7 heteroatoms. The molecule has 0 aliphatic carbocycles. The number of nitrogens with one attached hydrogen (secondary N) is 1. The third kappa shape index (κ3) is 4.00. The first-order valence-electron chi connectivity index (χ1n) is 12.8. The van der Waals surface area contributed by atoms with Gasteiger partial charge in [0.05, 0.1) is 0 Å². The average molecular weight is 509 g/mol. The van der Waals surface area contributed by atoms with Crippen molar-refractivity contribution in [3.8, 4) is 0 Å². The summed E-state index contributed by atoms with van der Waals surface area (Å²) in [6.07, 6.45) is -0.388. The number of ether oxygens (including phenoxy) is 1. The fourth-order valence-corrected chi connectivity index (χ4v) is 5.73. The van der Waals surface area contributed by atoms with Gasteiger partial charge in [-0.2, -0.15) is 0 Å². The highest BCUT2D eigenvalue weighted by Gasteiger charge is 2.43. The van der Waals surface area contributed by atoms with E-state index in [1.54, 1.807) is 12.1 Å². The fourth-order valence-electron chi connectivity index (χ4n) is 5.73. The Hall–Kier alpha value is -4.23. The van der Waals surface area contributed by atoms with Gasteiger partial charge < -0.3 is 20.7 Å². The zero-order valence-corrected chi connectivity index (χ0v) is 21.6. The maximum atomic E-state index is 13.9. The van der Waals surface area contributed by atoms with Crippen molar-refractivity contribution in [2.75, 3.05) is 17.2 Å². The quantitative estimate of drug-likeness (QED) is 0.332. The van der Waals surface area contributed by atoms with Crippen LogP contribution in [0.4, 0.5) is 21.6 Å². The number of amides is 1. The standard InChI is InChI=1S/C31H29FN4O2/c1-4-36(21-7-5-6-20(32)14-21)22-9-11-24-26(15-22)30-25-13-19(8-10-23(25)29(24)38-30)31(37)34-16-27-17(2)12-28(33)35-18(27)3/h5-15,29-30H,4,16H2,1-3H3,(H2,33,35)(H,34,37). The van der Waals surface area contributed by atoms with Crippen LogP contribution >= 0.6 is 0 Å². The molecule has 0 radical (unpaired) electrons. The van der Waals surface area contributed by atoms with Crippen molar-refractivity contribution in [3.63, 3.8) is 0 Å². The summed E-state index contributed by atoms with van der Waals surface area (Å²) in [7, 11) is 0. The van der Waals surface area contributed by atoms with Gasteiger partial charge in [0.25, 0.3) is 5.91 Å². The molecule has 0 saturated heterocycles. The lowest BCUT2D eigenvalue weighted by molar-refractivity contribution is 0.0857. The van der Waals surface area contributed by atoms with Gasteiger partial charge in [-0.25, -0.2) is 9.37 Å². The number of carbonyl (C=O) groups is 1. The molecule has 3 aromatic carbocycles. The Bertz CT molecular complexity index is 1560. The van der Waals surface area contributed by atoms with Gasteiger partial charge in [0.15, 0.2) is 0 Å². The Labute approximate surface area is 221 Å². The molecule has 3 N–H and O–H groups in total. The number of nitrogens with zero attached hydrogens (tertiary/aromatic N) is 2. The maximum Gasteiger partial charge on any atom is 0.251 e. The number of hydrogen-bond acceptors (Lipinski definition) is 5. The first-order valence-corrected chi connectivity index (χ1v) is 12.8. The van der Waals surface area contributed by atoms with Crippen LogP contribution in [0.25, 0.3) is 0 Å². The van der Waals surface area contributed by atoms with Crippen LogP contribution in [0.15, 0.2) is 66.7 Å². The number of fused-ring (bicyclic) bond motifs is 8. The zero-order valence-electron chi connectivity index (χ0n) is 21.6. The van der Waals surface area contributed by atoms with E-state index in [-0.39, 0.29) is 23.9 Å². The minimum Gasteiger partial charge on any atom is -0.384 e. The lowest BCUT2D eigenvalue weighted by atomic mass is 9.85. The van der Waals surface area contributed by atoms with Gasteiger partial charge in [-0.3, -0.25) is 4.79 Å². The largest absolute Gasteiger partial charge is 0.384 e. The van der Waals surface area contributed by atoms with E-state index in [2.05, 4.69) is 33.4 Å². The van der Waals surface area contributed by atoms with Crippen LogP contribution < -0.4 is 16.0 Å². The molecule has 2 unspecified atom stereocenters. The van der Waals surface area contributed by atoms with Crippen molar-refractivity contribution in [1.29, 1.82) is 0 Å². The van der Waals surface area contributed by atoms with Crippen LogP contribution in [0.3, 0.4) is 0 Å². The van der Waals surface area contributed by atoms with Gasteiger partial charge in [0.2, 0.25) is 0 Å². The summed E-state index contributed by atoms with van der Waals surface area (Å²) in [6, 6.07) is 20.5. The highest BCUT2D eigenvalue weighted by Crippen LogP contribution is 2.55. The highest BCUT2D eigenvalue weighted by atomic mass is 19.1. The molecule has 192 valence electrons. The second-order valence-electron chi connectivity index (χ2n) is 9.89. The minimum atomic E-state index is -0.262. The molecule has 4 aromatic rings. The molecule has 2 bridgehead atoms. The molecule has 0 spiro atoms. The molecular formula is C31H29FN4O2. The number of aromatic nitrogens is 1. The number of nitrogen functional groups attached to an aromatic ring is 1. The van der Waals surface area contributed by atoms with Crippen molar-refractivity contribution in [2.45, 2.75) is 39.5 Å². The molecule has 6 rings (SSSR count). The van der Waals surface area contributed by atoms with Crippen molar-refractivity contribution in [1.82, 2.24) is 10.3 Å². The molecular weight excluding hydrogens is 479 g/mol. The molecule has 1 aromatic heterocycles. The Morgan fingerprint density at radius 2 is 1.68 bits per heavy atom. The second-order valence-corrected chi connectivity index (χ2v) is 9.89. The summed E-state index contributed by atoms with van der Waals surface area (Å²) in [5.74, 6) is 0.0656. The summed E-state index contributed by atoms with van der Waals surface area (Å²) in [4.78, 5) is 19.5. The van der Waals surface area contributed by atoms with E-state index < -0.39 is 0 Å². The summed E-state index contributed by atoms with van der Waals surface area (Å²) in [6.45, 7) is 6.98. The average Bonchev–Trinajstić information content (AvgIpc) is 3.45. The van der Waals surface area contributed by atoms with E-state index in [0.29, 0.717) is 24.5 Å². The minimum absolute atomic E-state index is 0.147. The van der Waals surface area contributed by atoms with E-state index in [1.807, 2.05) is 51.1 Å². The smallest absolute Gasteiger partial charge is 0.251 e. The zero-order chi connectivity index (χ0) is 26.6. The second kappa shape index (κ2) is 9.26. The first-order chi connectivity index (χ1) is 18.3. The summed E-state index contributed by atoms with van der Waals surface area (Å²) in [5, 5.41) is 3.03. The molecule has 38 heavy (non-hydrogen) atoms. The van der Waals surface area contributed by atoms with Crippen molar-refractivity contribution >= 4 is 23.1 Å². The summed E-state index contributed by atoms with van der Waals surface area (Å²) < 4.78 is 20.3. The van der Waals surface area contributed by atoms with E-state index >= 15 is 0 Å². The SMILES string of the molecule is CCN(c1cccc(F)c1)c1ccc2c(c1)C1OC2c2ccc(C(=O)NCc3c(C)cc(N)nc3C)cc21. The van der Waals surface area contributed by atoms with Gasteiger partial charge in [-0.15, -0.1) is 0 Å². The summed E-state index contributed by atoms with van der Waals surface area (Å²) >= 11 is 0. The number of hydrogen-bond donors (Lipinski definition) is 2. The summed E-state index contributed by atoms with van der Waals surface area (Å²) in [5.41, 5.74) is 15.3. The molecule has 2 aliphatic heterocycles.